The van der Waals surface area contributed by atoms with Crippen LogP contribution in [0, 0.1) is 18.7 Å². The van der Waals surface area contributed by atoms with E-state index in [9.17, 15) is 24.3 Å². The third kappa shape index (κ3) is 6.57. The number of hydrogen-bond donors (Lipinski definition) is 3. The zero-order chi connectivity index (χ0) is 33.5. The molecule has 0 atom stereocenters. The van der Waals surface area contributed by atoms with Gasteiger partial charge in [0.05, 0.1) is 12.2 Å². The van der Waals surface area contributed by atoms with Gasteiger partial charge >= 0.3 is 18.3 Å². The Balaban J connectivity index is 1.51. The highest BCUT2D eigenvalue weighted by molar-refractivity contribution is 6.05. The molecule has 46 heavy (non-hydrogen) atoms. The number of benzene rings is 1. The Labute approximate surface area is 263 Å². The number of pyridine rings is 2. The number of halogens is 1. The number of ether oxygens (including phenoxy) is 3. The monoisotopic (exact) mass is 638 g/mol. The molecule has 15 heteroatoms. The molecule has 2 aromatic heterocycles. The van der Waals surface area contributed by atoms with Gasteiger partial charge in [0, 0.05) is 48.9 Å². The van der Waals surface area contributed by atoms with E-state index in [1.165, 1.54) is 29.4 Å². The van der Waals surface area contributed by atoms with E-state index in [4.69, 9.17) is 14.2 Å². The van der Waals surface area contributed by atoms with Crippen molar-refractivity contribution >= 4 is 52.2 Å². The van der Waals surface area contributed by atoms with Crippen LogP contribution in [-0.4, -0.2) is 83.1 Å². The van der Waals surface area contributed by atoms with E-state index < -0.39 is 35.8 Å². The van der Waals surface area contributed by atoms with E-state index in [1.807, 2.05) is 0 Å². The van der Waals surface area contributed by atoms with Crippen LogP contribution in [0.1, 0.15) is 39.2 Å². The Kier molecular flexibility index (Phi) is 8.60. The predicted molar refractivity (Wildman–Crippen MR) is 166 cm³/mol. The maximum Gasteiger partial charge on any atom is 0.413 e. The molecule has 1 saturated carbocycles. The second kappa shape index (κ2) is 12.3. The van der Waals surface area contributed by atoms with Crippen molar-refractivity contribution in [3.05, 3.63) is 35.9 Å². The van der Waals surface area contributed by atoms with Crippen LogP contribution < -0.4 is 20.3 Å². The fourth-order valence-electron chi connectivity index (χ4n) is 5.38. The van der Waals surface area contributed by atoms with Gasteiger partial charge in [-0.15, -0.1) is 0 Å². The molecular weight excluding hydrogens is 603 g/mol. The molecular formula is C31H35FN6O8. The van der Waals surface area contributed by atoms with Gasteiger partial charge in [0.2, 0.25) is 11.8 Å². The highest BCUT2D eigenvalue weighted by Crippen LogP contribution is 2.42. The zero-order valence-electron chi connectivity index (χ0n) is 26.3. The van der Waals surface area contributed by atoms with Gasteiger partial charge in [-0.25, -0.2) is 28.7 Å². The molecule has 3 heterocycles. The SMILES string of the molecule is Cc1c(-c2cc3cc(NC(=O)OC4CC(C(=O)N(C)C)C4)ncc3c(NC(=O)OC(C)(C)C)c2F)cnc2c1N(C(=O)O)CCO2. The molecule has 0 spiro atoms. The summed E-state index contributed by atoms with van der Waals surface area (Å²) >= 11 is 0. The molecule has 2 aliphatic rings. The summed E-state index contributed by atoms with van der Waals surface area (Å²) in [6.45, 7) is 6.79. The molecule has 244 valence electrons. The van der Waals surface area contributed by atoms with Crippen molar-refractivity contribution in [3.8, 4) is 17.0 Å². The molecule has 1 aliphatic carbocycles. The van der Waals surface area contributed by atoms with Gasteiger partial charge in [0.15, 0.2) is 5.82 Å². The Bertz CT molecular complexity index is 1730. The summed E-state index contributed by atoms with van der Waals surface area (Å²) in [5.74, 6) is -0.879. The van der Waals surface area contributed by atoms with Gasteiger partial charge < -0.3 is 24.2 Å². The van der Waals surface area contributed by atoms with Crippen molar-refractivity contribution in [2.75, 3.05) is 42.8 Å². The Morgan fingerprint density at radius 3 is 2.43 bits per heavy atom. The summed E-state index contributed by atoms with van der Waals surface area (Å²) in [5.41, 5.74) is -0.298. The number of anilines is 3. The van der Waals surface area contributed by atoms with Gasteiger partial charge in [0.1, 0.15) is 29.8 Å². The first-order chi connectivity index (χ1) is 21.6. The van der Waals surface area contributed by atoms with Crippen molar-refractivity contribution in [1.29, 1.82) is 0 Å². The molecule has 1 aliphatic heterocycles. The highest BCUT2D eigenvalue weighted by Gasteiger charge is 2.38. The highest BCUT2D eigenvalue weighted by atomic mass is 19.1. The molecule has 0 unspecified atom stereocenters. The molecule has 5 rings (SSSR count). The third-order valence-corrected chi connectivity index (χ3v) is 7.59. The summed E-state index contributed by atoms with van der Waals surface area (Å²) < 4.78 is 32.7. The summed E-state index contributed by atoms with van der Waals surface area (Å²) in [5, 5.41) is 15.4. The first-order valence-electron chi connectivity index (χ1n) is 14.6. The number of rotatable bonds is 5. The number of nitrogens with zero attached hydrogens (tertiary/aromatic N) is 4. The van der Waals surface area contributed by atoms with Crippen molar-refractivity contribution in [3.63, 3.8) is 0 Å². The van der Waals surface area contributed by atoms with E-state index in [-0.39, 0.29) is 64.6 Å². The maximum atomic E-state index is 16.4. The number of carbonyl (C=O) groups is 4. The Hall–Kier alpha value is -5.21. The van der Waals surface area contributed by atoms with E-state index in [2.05, 4.69) is 20.6 Å². The van der Waals surface area contributed by atoms with Crippen LogP contribution in [-0.2, 0) is 14.3 Å². The fourth-order valence-corrected chi connectivity index (χ4v) is 5.38. The van der Waals surface area contributed by atoms with Gasteiger partial charge in [-0.2, -0.15) is 0 Å². The lowest BCUT2D eigenvalue weighted by molar-refractivity contribution is -0.139. The lowest BCUT2D eigenvalue weighted by atomic mass is 9.81. The molecule has 0 saturated heterocycles. The topological polar surface area (TPSA) is 173 Å². The molecule has 0 radical (unpaired) electrons. The largest absolute Gasteiger partial charge is 0.474 e. The lowest BCUT2D eigenvalue weighted by Gasteiger charge is -2.34. The number of carbonyl (C=O) groups excluding carboxylic acids is 3. The molecule has 14 nitrogen and oxygen atoms in total. The fraction of sp³-hybridized carbons (Fsp3) is 0.419. The smallest absolute Gasteiger partial charge is 0.413 e. The summed E-state index contributed by atoms with van der Waals surface area (Å²) in [6, 6.07) is 2.96. The van der Waals surface area contributed by atoms with E-state index >= 15 is 4.39 Å². The van der Waals surface area contributed by atoms with Gasteiger partial charge in [-0.05, 0) is 63.6 Å². The number of amides is 4. The second-order valence-corrected chi connectivity index (χ2v) is 12.3. The summed E-state index contributed by atoms with van der Waals surface area (Å²) in [6.07, 6.45) is 0.163. The second-order valence-electron chi connectivity index (χ2n) is 12.3. The molecule has 4 amide bonds. The van der Waals surface area contributed by atoms with Crippen LogP contribution in [0.5, 0.6) is 5.88 Å². The van der Waals surface area contributed by atoms with Crippen molar-refractivity contribution in [1.82, 2.24) is 14.9 Å². The van der Waals surface area contributed by atoms with Gasteiger partial charge in [-0.3, -0.25) is 20.3 Å². The van der Waals surface area contributed by atoms with E-state index in [0.717, 1.165) is 4.90 Å². The van der Waals surface area contributed by atoms with Crippen molar-refractivity contribution < 1.29 is 42.9 Å². The maximum absolute atomic E-state index is 16.4. The van der Waals surface area contributed by atoms with Gasteiger partial charge in [0.25, 0.3) is 0 Å². The van der Waals surface area contributed by atoms with Crippen molar-refractivity contribution in [2.24, 2.45) is 5.92 Å². The predicted octanol–water partition coefficient (Wildman–Crippen LogP) is 5.38. The molecule has 3 N–H and O–H groups in total. The van der Waals surface area contributed by atoms with E-state index in [0.29, 0.717) is 23.8 Å². The molecule has 1 aromatic carbocycles. The summed E-state index contributed by atoms with van der Waals surface area (Å²) in [4.78, 5) is 60.6. The number of nitrogens with one attached hydrogen (secondary N) is 2. The molecule has 3 aromatic rings. The minimum absolute atomic E-state index is 0.00642. The standard InChI is InChI=1S/C31H35FN6O8/c1-15-20(13-34-26-25(15)38(30(42)43)7-8-44-26)19-11-16-12-22(35-28(40)45-18-9-17(10-18)27(39)37(5)6)33-14-21(16)24(23(19)32)36-29(41)46-31(2,3)4/h11-14,17-18H,7-10H2,1-6H3,(H,36,41)(H,42,43)(H,33,35,40). The van der Waals surface area contributed by atoms with Crippen LogP contribution >= 0.6 is 0 Å². The van der Waals surface area contributed by atoms with Crippen LogP contribution in [0.4, 0.5) is 36.0 Å². The van der Waals surface area contributed by atoms with Gasteiger partial charge in [-0.1, -0.05) is 0 Å². The Morgan fingerprint density at radius 1 is 1.07 bits per heavy atom. The summed E-state index contributed by atoms with van der Waals surface area (Å²) in [7, 11) is 3.34. The lowest BCUT2D eigenvalue weighted by Crippen LogP contribution is -2.43. The number of aromatic nitrogens is 2. The number of fused-ring (bicyclic) bond motifs is 2. The van der Waals surface area contributed by atoms with Crippen LogP contribution in [0.25, 0.3) is 21.9 Å². The first-order valence-corrected chi connectivity index (χ1v) is 14.6. The zero-order valence-corrected chi connectivity index (χ0v) is 26.3. The first kappa shape index (κ1) is 32.2. The quantitative estimate of drug-likeness (QED) is 0.329. The van der Waals surface area contributed by atoms with Crippen LogP contribution in [0.3, 0.4) is 0 Å². The Morgan fingerprint density at radius 2 is 1.78 bits per heavy atom. The average Bonchev–Trinajstić information content (AvgIpc) is 2.94. The molecule has 0 bridgehead atoms. The normalized spacial score (nSPS) is 17.2. The third-order valence-electron chi connectivity index (χ3n) is 7.59. The average molecular weight is 639 g/mol. The number of carboxylic acid groups (broad SMARTS) is 1. The van der Waals surface area contributed by atoms with Crippen LogP contribution in [0.15, 0.2) is 24.5 Å². The minimum atomic E-state index is -1.21. The van der Waals surface area contributed by atoms with E-state index in [1.54, 1.807) is 41.8 Å². The minimum Gasteiger partial charge on any atom is -0.474 e. The molecule has 1 fully saturated rings. The van der Waals surface area contributed by atoms with Crippen LogP contribution in [0.2, 0.25) is 0 Å². The van der Waals surface area contributed by atoms with Crippen molar-refractivity contribution in [2.45, 2.75) is 52.2 Å². The number of hydrogen-bond acceptors (Lipinski definition) is 9.